The highest BCUT2D eigenvalue weighted by Gasteiger charge is 2.29. The van der Waals surface area contributed by atoms with Crippen LogP contribution in [0.1, 0.15) is 30.8 Å². The first-order valence-corrected chi connectivity index (χ1v) is 6.69. The number of rotatable bonds is 3. The van der Waals surface area contributed by atoms with Crippen LogP contribution in [0.25, 0.3) is 0 Å². The van der Waals surface area contributed by atoms with Gasteiger partial charge in [0.1, 0.15) is 5.69 Å². The molecule has 0 aromatic carbocycles. The van der Waals surface area contributed by atoms with Crippen molar-refractivity contribution >= 4 is 5.91 Å². The standard InChI is InChI=1S/C13H19N3O4/c1-8(2)5-9-7-20-4-3-16(9)12(18)10-6-11(17)15-13(19)14-10/h6,8-9H,3-5,7H2,1-2H3,(H2,14,15,17,19)/t9-/m1/s1. The summed E-state index contributed by atoms with van der Waals surface area (Å²) in [6.45, 7) is 5.56. The second kappa shape index (κ2) is 6.04. The highest BCUT2D eigenvalue weighted by Crippen LogP contribution is 2.17. The Morgan fingerprint density at radius 2 is 2.20 bits per heavy atom. The van der Waals surface area contributed by atoms with Gasteiger partial charge in [0.15, 0.2) is 0 Å². The van der Waals surface area contributed by atoms with E-state index in [1.54, 1.807) is 4.90 Å². The van der Waals surface area contributed by atoms with Crippen molar-refractivity contribution in [2.75, 3.05) is 19.8 Å². The summed E-state index contributed by atoms with van der Waals surface area (Å²) in [6, 6.07) is 1.09. The van der Waals surface area contributed by atoms with E-state index in [4.69, 9.17) is 4.74 Å². The number of aromatic nitrogens is 2. The summed E-state index contributed by atoms with van der Waals surface area (Å²) in [5.41, 5.74) is -1.23. The van der Waals surface area contributed by atoms with Crippen LogP contribution in [-0.4, -0.2) is 46.6 Å². The molecule has 0 radical (unpaired) electrons. The second-order valence-corrected chi connectivity index (χ2v) is 5.36. The molecule has 0 unspecified atom stereocenters. The van der Waals surface area contributed by atoms with E-state index in [1.807, 2.05) is 4.98 Å². The molecule has 2 heterocycles. The summed E-state index contributed by atoms with van der Waals surface area (Å²) in [5, 5.41) is 0. The van der Waals surface area contributed by atoms with Gasteiger partial charge < -0.3 is 14.6 Å². The molecule has 0 aliphatic carbocycles. The van der Waals surface area contributed by atoms with Crippen LogP contribution in [0, 0.1) is 5.92 Å². The van der Waals surface area contributed by atoms with Crippen LogP contribution in [0.2, 0.25) is 0 Å². The van der Waals surface area contributed by atoms with E-state index in [9.17, 15) is 14.4 Å². The number of hydrogen-bond donors (Lipinski definition) is 2. The molecule has 1 aliphatic rings. The van der Waals surface area contributed by atoms with Gasteiger partial charge in [0, 0.05) is 12.6 Å². The summed E-state index contributed by atoms with van der Waals surface area (Å²) < 4.78 is 5.41. The van der Waals surface area contributed by atoms with Crippen LogP contribution in [0.15, 0.2) is 15.7 Å². The Balaban J connectivity index is 2.25. The highest BCUT2D eigenvalue weighted by molar-refractivity contribution is 5.92. The smallest absolute Gasteiger partial charge is 0.326 e. The molecule has 1 aromatic rings. The number of amides is 1. The third-order valence-electron chi connectivity index (χ3n) is 3.22. The number of aromatic amines is 2. The van der Waals surface area contributed by atoms with Crippen molar-refractivity contribution in [1.29, 1.82) is 0 Å². The van der Waals surface area contributed by atoms with E-state index < -0.39 is 11.2 Å². The summed E-state index contributed by atoms with van der Waals surface area (Å²) in [7, 11) is 0. The van der Waals surface area contributed by atoms with Gasteiger partial charge in [-0.1, -0.05) is 13.8 Å². The molecule has 2 N–H and O–H groups in total. The molecule has 0 bridgehead atoms. The Morgan fingerprint density at radius 1 is 1.45 bits per heavy atom. The maximum Gasteiger partial charge on any atom is 0.326 e. The predicted molar refractivity (Wildman–Crippen MR) is 72.8 cm³/mol. The quantitative estimate of drug-likeness (QED) is 0.812. The van der Waals surface area contributed by atoms with Crippen molar-refractivity contribution in [3.8, 4) is 0 Å². The monoisotopic (exact) mass is 281 g/mol. The fourth-order valence-electron chi connectivity index (χ4n) is 2.40. The first kappa shape index (κ1) is 14.5. The number of morpholine rings is 1. The molecule has 1 amide bonds. The number of nitrogens with one attached hydrogen (secondary N) is 2. The molecule has 0 saturated carbocycles. The van der Waals surface area contributed by atoms with E-state index >= 15 is 0 Å². The second-order valence-electron chi connectivity index (χ2n) is 5.36. The molecule has 2 rings (SSSR count). The number of hydrogen-bond acceptors (Lipinski definition) is 4. The predicted octanol–water partition coefficient (Wildman–Crippen LogP) is -0.0497. The van der Waals surface area contributed by atoms with Crippen molar-refractivity contribution in [3.63, 3.8) is 0 Å². The minimum Gasteiger partial charge on any atom is -0.377 e. The first-order chi connectivity index (χ1) is 9.47. The number of carbonyl (C=O) groups is 1. The van der Waals surface area contributed by atoms with E-state index in [1.165, 1.54) is 0 Å². The van der Waals surface area contributed by atoms with Gasteiger partial charge in [-0.2, -0.15) is 0 Å². The van der Waals surface area contributed by atoms with E-state index in [-0.39, 0.29) is 17.6 Å². The van der Waals surface area contributed by atoms with Gasteiger partial charge in [0.2, 0.25) is 0 Å². The highest BCUT2D eigenvalue weighted by atomic mass is 16.5. The summed E-state index contributed by atoms with van der Waals surface area (Å²) >= 11 is 0. The summed E-state index contributed by atoms with van der Waals surface area (Å²) in [4.78, 5) is 41.1. The van der Waals surface area contributed by atoms with Crippen LogP contribution in [0.4, 0.5) is 0 Å². The summed E-state index contributed by atoms with van der Waals surface area (Å²) in [6.07, 6.45) is 0.819. The molecule has 1 fully saturated rings. The zero-order valence-electron chi connectivity index (χ0n) is 11.6. The Kier molecular flexibility index (Phi) is 4.39. The normalized spacial score (nSPS) is 19.4. The van der Waals surface area contributed by atoms with Gasteiger partial charge in [0.25, 0.3) is 11.5 Å². The maximum atomic E-state index is 12.4. The summed E-state index contributed by atoms with van der Waals surface area (Å²) in [5.74, 6) is 0.0948. The Hall–Kier alpha value is -1.89. The van der Waals surface area contributed by atoms with Gasteiger partial charge >= 0.3 is 5.69 Å². The zero-order valence-corrected chi connectivity index (χ0v) is 11.6. The molecule has 110 valence electrons. The molecule has 7 nitrogen and oxygen atoms in total. The topological polar surface area (TPSA) is 95.3 Å². The van der Waals surface area contributed by atoms with Gasteiger partial charge in [-0.3, -0.25) is 14.6 Å². The Labute approximate surface area is 116 Å². The largest absolute Gasteiger partial charge is 0.377 e. The van der Waals surface area contributed by atoms with Crippen molar-refractivity contribution in [2.24, 2.45) is 5.92 Å². The lowest BCUT2D eigenvalue weighted by Crippen LogP contribution is -2.50. The Morgan fingerprint density at radius 3 is 2.85 bits per heavy atom. The van der Waals surface area contributed by atoms with Gasteiger partial charge in [-0.05, 0) is 12.3 Å². The van der Waals surface area contributed by atoms with Crippen molar-refractivity contribution in [1.82, 2.24) is 14.9 Å². The van der Waals surface area contributed by atoms with Crippen LogP contribution in [0.3, 0.4) is 0 Å². The van der Waals surface area contributed by atoms with E-state index in [2.05, 4.69) is 18.8 Å². The van der Waals surface area contributed by atoms with Crippen molar-refractivity contribution in [3.05, 3.63) is 32.6 Å². The van der Waals surface area contributed by atoms with Gasteiger partial charge in [0.05, 0.1) is 19.3 Å². The first-order valence-electron chi connectivity index (χ1n) is 6.69. The van der Waals surface area contributed by atoms with Crippen molar-refractivity contribution < 1.29 is 9.53 Å². The third kappa shape index (κ3) is 3.36. The third-order valence-corrected chi connectivity index (χ3v) is 3.22. The molecule has 1 saturated heterocycles. The van der Waals surface area contributed by atoms with Crippen LogP contribution in [0.5, 0.6) is 0 Å². The lowest BCUT2D eigenvalue weighted by molar-refractivity contribution is -0.00779. The molecule has 0 spiro atoms. The van der Waals surface area contributed by atoms with Crippen molar-refractivity contribution in [2.45, 2.75) is 26.3 Å². The van der Waals surface area contributed by atoms with Crippen LogP contribution in [-0.2, 0) is 4.74 Å². The molecule has 20 heavy (non-hydrogen) atoms. The maximum absolute atomic E-state index is 12.4. The number of carbonyl (C=O) groups excluding carboxylic acids is 1. The fraction of sp³-hybridized carbons (Fsp3) is 0.615. The molecular weight excluding hydrogens is 262 g/mol. The van der Waals surface area contributed by atoms with E-state index in [0.717, 1.165) is 12.5 Å². The van der Waals surface area contributed by atoms with Crippen LogP contribution < -0.4 is 11.2 Å². The number of ether oxygens (including phenoxy) is 1. The molecule has 1 atom stereocenters. The average Bonchev–Trinajstić information content (AvgIpc) is 2.36. The molecule has 1 aliphatic heterocycles. The molecule has 1 aromatic heterocycles. The van der Waals surface area contributed by atoms with Gasteiger partial charge in [-0.25, -0.2) is 4.79 Å². The lowest BCUT2D eigenvalue weighted by Gasteiger charge is -2.36. The lowest BCUT2D eigenvalue weighted by atomic mass is 10.0. The average molecular weight is 281 g/mol. The number of H-pyrrole nitrogens is 2. The molecular formula is C13H19N3O4. The minimum absolute atomic E-state index is 0.0226. The molecule has 7 heteroatoms. The SMILES string of the molecule is CC(C)C[C@@H]1COCCN1C(=O)c1cc(=O)[nH]c(=O)[nH]1. The minimum atomic E-state index is -0.672. The Bertz CT molecular complexity index is 562. The number of nitrogens with zero attached hydrogens (tertiary/aromatic N) is 1. The van der Waals surface area contributed by atoms with Crippen LogP contribution >= 0.6 is 0 Å². The van der Waals surface area contributed by atoms with E-state index in [0.29, 0.717) is 25.7 Å². The zero-order chi connectivity index (χ0) is 14.7. The van der Waals surface area contributed by atoms with Gasteiger partial charge in [-0.15, -0.1) is 0 Å². The fourth-order valence-corrected chi connectivity index (χ4v) is 2.40.